The van der Waals surface area contributed by atoms with E-state index in [1.807, 2.05) is 12.3 Å². The molecule has 5 heterocycles. The zero-order valence-corrected chi connectivity index (χ0v) is 17.4. The first-order valence-corrected chi connectivity index (χ1v) is 10.8. The molecule has 3 aromatic heterocycles. The highest BCUT2D eigenvalue weighted by Crippen LogP contribution is 2.33. The topological polar surface area (TPSA) is 48.7 Å². The van der Waals surface area contributed by atoms with E-state index < -0.39 is 0 Å². The van der Waals surface area contributed by atoms with Crippen molar-refractivity contribution in [1.29, 1.82) is 0 Å². The summed E-state index contributed by atoms with van der Waals surface area (Å²) in [6, 6.07) is 11.2. The number of aryl methyl sites for hydroxylation is 1. The third-order valence-electron chi connectivity index (χ3n) is 6.44. The normalized spacial score (nSPS) is 23.6. The van der Waals surface area contributed by atoms with Crippen molar-refractivity contribution in [3.63, 3.8) is 0 Å². The second kappa shape index (κ2) is 7.76. The Morgan fingerprint density at radius 1 is 1.00 bits per heavy atom. The van der Waals surface area contributed by atoms with Crippen molar-refractivity contribution in [2.24, 2.45) is 0 Å². The van der Waals surface area contributed by atoms with E-state index in [4.69, 9.17) is 4.98 Å². The van der Waals surface area contributed by atoms with E-state index in [1.165, 1.54) is 23.5 Å². The average Bonchev–Trinajstić information content (AvgIpc) is 3.19. The monoisotopic (exact) mass is 390 g/mol. The minimum atomic E-state index is 0.274. The van der Waals surface area contributed by atoms with Gasteiger partial charge >= 0.3 is 0 Å². The van der Waals surface area contributed by atoms with E-state index >= 15 is 0 Å². The average molecular weight is 391 g/mol. The van der Waals surface area contributed by atoms with Gasteiger partial charge in [0.1, 0.15) is 11.5 Å². The Bertz CT molecular complexity index is 988. The van der Waals surface area contributed by atoms with E-state index in [0.29, 0.717) is 6.04 Å². The van der Waals surface area contributed by atoms with Gasteiger partial charge in [0.15, 0.2) is 0 Å². The molecule has 0 aromatic carbocycles. The Balaban J connectivity index is 1.42. The lowest BCUT2D eigenvalue weighted by atomic mass is 9.93. The fraction of sp³-hybridized carbons (Fsp3) is 0.478. The van der Waals surface area contributed by atoms with Crippen molar-refractivity contribution >= 4 is 11.5 Å². The van der Waals surface area contributed by atoms with Gasteiger partial charge in [-0.3, -0.25) is 9.38 Å². The Morgan fingerprint density at radius 2 is 1.83 bits per heavy atom. The quantitative estimate of drug-likeness (QED) is 0.743. The molecule has 0 radical (unpaired) electrons. The van der Waals surface area contributed by atoms with Gasteiger partial charge in [0, 0.05) is 38.6 Å². The van der Waals surface area contributed by atoms with E-state index in [2.05, 4.69) is 68.9 Å². The lowest BCUT2D eigenvalue weighted by molar-refractivity contribution is 0.311. The lowest BCUT2D eigenvalue weighted by Gasteiger charge is -2.34. The van der Waals surface area contributed by atoms with Crippen molar-refractivity contribution in [3.8, 4) is 0 Å². The summed E-state index contributed by atoms with van der Waals surface area (Å²) in [4.78, 5) is 14.5. The van der Waals surface area contributed by atoms with Crippen LogP contribution < -0.4 is 10.2 Å². The first-order valence-electron chi connectivity index (χ1n) is 10.8. The maximum absolute atomic E-state index is 5.00. The summed E-state index contributed by atoms with van der Waals surface area (Å²) in [5, 5.41) is 3.83. The summed E-state index contributed by atoms with van der Waals surface area (Å²) in [6.07, 6.45) is 7.59. The number of pyridine rings is 2. The van der Waals surface area contributed by atoms with Crippen LogP contribution in [0, 0.1) is 6.92 Å². The van der Waals surface area contributed by atoms with Crippen LogP contribution in [0.15, 0.2) is 42.7 Å². The van der Waals surface area contributed by atoms with E-state index in [9.17, 15) is 0 Å². The van der Waals surface area contributed by atoms with Crippen LogP contribution in [0.2, 0.25) is 0 Å². The molecule has 5 rings (SSSR count). The van der Waals surface area contributed by atoms with Crippen LogP contribution in [-0.2, 0) is 0 Å². The SMILES string of the molecule is Cc1cccnc1[C@@H]1CCC[C@@H](c2cn3c(N4CCN(C)CC4)cccc3n2)N1. The fourth-order valence-corrected chi connectivity index (χ4v) is 4.72. The highest BCUT2D eigenvalue weighted by molar-refractivity contribution is 5.53. The molecule has 3 aromatic rings. The number of rotatable bonds is 3. The highest BCUT2D eigenvalue weighted by Gasteiger charge is 2.27. The lowest BCUT2D eigenvalue weighted by Crippen LogP contribution is -2.45. The fourth-order valence-electron chi connectivity index (χ4n) is 4.72. The molecule has 2 saturated heterocycles. The second-order valence-corrected chi connectivity index (χ2v) is 8.48. The van der Waals surface area contributed by atoms with Crippen molar-refractivity contribution in [3.05, 3.63) is 59.7 Å². The van der Waals surface area contributed by atoms with Gasteiger partial charge in [0.25, 0.3) is 0 Å². The van der Waals surface area contributed by atoms with Crippen LogP contribution in [-0.4, -0.2) is 52.5 Å². The van der Waals surface area contributed by atoms with Gasteiger partial charge < -0.3 is 15.1 Å². The molecular formula is C23H30N6. The third kappa shape index (κ3) is 3.63. The maximum Gasteiger partial charge on any atom is 0.138 e. The zero-order valence-electron chi connectivity index (χ0n) is 17.4. The van der Waals surface area contributed by atoms with Crippen LogP contribution >= 0.6 is 0 Å². The Labute approximate surface area is 172 Å². The van der Waals surface area contributed by atoms with Gasteiger partial charge in [-0.2, -0.15) is 0 Å². The predicted octanol–water partition coefficient (Wildman–Crippen LogP) is 3.35. The standard InChI is InChI=1S/C23H30N6/c1-17-6-5-11-24-23(17)19-8-3-7-18(25-19)20-16-29-21(26-20)9-4-10-22(29)28-14-12-27(2)13-15-28/h4-6,9-11,16,18-19,25H,3,7-8,12-15H2,1-2H3/t18-,19-/m0/s1. The number of hydrogen-bond donors (Lipinski definition) is 1. The number of hydrogen-bond acceptors (Lipinski definition) is 5. The molecule has 0 amide bonds. The molecule has 0 spiro atoms. The molecule has 0 bridgehead atoms. The van der Waals surface area contributed by atoms with Gasteiger partial charge in [-0.05, 0) is 57.0 Å². The van der Waals surface area contributed by atoms with Gasteiger partial charge in [-0.1, -0.05) is 12.1 Å². The van der Waals surface area contributed by atoms with Gasteiger partial charge in [-0.15, -0.1) is 0 Å². The Kier molecular flexibility index (Phi) is 4.97. The van der Waals surface area contributed by atoms with Crippen LogP contribution in [0.4, 0.5) is 5.82 Å². The largest absolute Gasteiger partial charge is 0.355 e. The molecule has 29 heavy (non-hydrogen) atoms. The first-order chi connectivity index (χ1) is 14.2. The minimum absolute atomic E-state index is 0.274. The van der Waals surface area contributed by atoms with Crippen LogP contribution in [0.5, 0.6) is 0 Å². The number of aromatic nitrogens is 3. The molecule has 152 valence electrons. The Morgan fingerprint density at radius 3 is 2.66 bits per heavy atom. The maximum atomic E-state index is 5.00. The summed E-state index contributed by atoms with van der Waals surface area (Å²) < 4.78 is 2.28. The molecule has 6 heteroatoms. The summed E-state index contributed by atoms with van der Waals surface area (Å²) in [6.45, 7) is 6.49. The number of piperidine rings is 1. The molecule has 0 unspecified atom stereocenters. The number of anilines is 1. The number of imidazole rings is 1. The molecule has 2 fully saturated rings. The van der Waals surface area contributed by atoms with Crippen LogP contribution in [0.3, 0.4) is 0 Å². The van der Waals surface area contributed by atoms with Crippen molar-refractivity contribution in [1.82, 2.24) is 24.6 Å². The van der Waals surface area contributed by atoms with Crippen molar-refractivity contribution in [2.45, 2.75) is 38.3 Å². The Hall–Kier alpha value is -2.44. The number of nitrogens with one attached hydrogen (secondary N) is 1. The molecule has 2 atom stereocenters. The van der Waals surface area contributed by atoms with E-state index in [1.54, 1.807) is 0 Å². The number of likely N-dealkylation sites (N-methyl/N-ethyl adjacent to an activating group) is 1. The molecule has 0 saturated carbocycles. The first kappa shape index (κ1) is 18.6. The van der Waals surface area contributed by atoms with Gasteiger partial charge in [0.05, 0.1) is 23.5 Å². The van der Waals surface area contributed by atoms with Crippen molar-refractivity contribution < 1.29 is 0 Å². The molecule has 1 N–H and O–H groups in total. The molecule has 2 aliphatic rings. The second-order valence-electron chi connectivity index (χ2n) is 8.48. The van der Waals surface area contributed by atoms with Crippen molar-refractivity contribution in [2.75, 3.05) is 38.1 Å². The third-order valence-corrected chi connectivity index (χ3v) is 6.44. The molecule has 0 aliphatic carbocycles. The van der Waals surface area contributed by atoms with Crippen LogP contribution in [0.25, 0.3) is 5.65 Å². The van der Waals surface area contributed by atoms with E-state index in [-0.39, 0.29) is 6.04 Å². The molecular weight excluding hydrogens is 360 g/mol. The van der Waals surface area contributed by atoms with Crippen LogP contribution in [0.1, 0.15) is 48.3 Å². The molecule has 6 nitrogen and oxygen atoms in total. The van der Waals surface area contributed by atoms with Gasteiger partial charge in [-0.25, -0.2) is 4.98 Å². The summed E-state index contributed by atoms with van der Waals surface area (Å²) >= 11 is 0. The number of piperazine rings is 1. The molecule has 2 aliphatic heterocycles. The predicted molar refractivity (Wildman–Crippen MR) is 116 cm³/mol. The van der Waals surface area contributed by atoms with Gasteiger partial charge in [0.2, 0.25) is 0 Å². The number of nitrogens with zero attached hydrogens (tertiary/aromatic N) is 5. The smallest absolute Gasteiger partial charge is 0.138 e. The van der Waals surface area contributed by atoms with E-state index in [0.717, 1.165) is 50.4 Å². The highest BCUT2D eigenvalue weighted by atomic mass is 15.3. The zero-order chi connectivity index (χ0) is 19.8. The number of fused-ring (bicyclic) bond motifs is 1. The summed E-state index contributed by atoms with van der Waals surface area (Å²) in [7, 11) is 2.20. The summed E-state index contributed by atoms with van der Waals surface area (Å²) in [5.41, 5.74) is 4.62. The minimum Gasteiger partial charge on any atom is -0.355 e. The summed E-state index contributed by atoms with van der Waals surface area (Å²) in [5.74, 6) is 1.25.